The molecule has 4 aliphatic rings. The molecule has 0 radical (unpaired) electrons. The molecule has 0 aromatic heterocycles. The van der Waals surface area contributed by atoms with Crippen molar-refractivity contribution in [2.75, 3.05) is 6.61 Å². The van der Waals surface area contributed by atoms with E-state index in [0.717, 1.165) is 25.7 Å². The van der Waals surface area contributed by atoms with Gasteiger partial charge in [0.15, 0.2) is 14.1 Å². The first-order chi connectivity index (χ1) is 14.1. The summed E-state index contributed by atoms with van der Waals surface area (Å²) in [6.07, 6.45) is 5.58. The van der Waals surface area contributed by atoms with E-state index in [1.54, 1.807) is 0 Å². The highest BCUT2D eigenvalue weighted by atomic mass is 28.4. The number of fused-ring (bicyclic) bond motifs is 4. The number of hydrogen-bond donors (Lipinski definition) is 1. The zero-order valence-corrected chi connectivity index (χ0v) is 22.2. The summed E-state index contributed by atoms with van der Waals surface area (Å²) >= 11 is 0. The van der Waals surface area contributed by atoms with Crippen molar-refractivity contribution in [1.82, 2.24) is 0 Å². The fourth-order valence-corrected chi connectivity index (χ4v) is 8.92. The van der Waals surface area contributed by atoms with E-state index in [1.807, 2.05) is 0 Å². The van der Waals surface area contributed by atoms with Crippen molar-refractivity contribution in [1.29, 1.82) is 0 Å². The van der Waals surface area contributed by atoms with Crippen LogP contribution in [-0.2, 0) is 14.0 Å². The number of ether oxygens (including phenoxy) is 1. The maximum atomic E-state index is 14.5. The minimum Gasteiger partial charge on any atom is -0.413 e. The summed E-state index contributed by atoms with van der Waals surface area (Å²) in [6.45, 7) is 20.4. The first-order valence-corrected chi connectivity index (χ1v) is 15.2. The molecule has 4 nitrogen and oxygen atoms in total. The van der Waals surface area contributed by atoms with Crippen LogP contribution in [0.1, 0.15) is 74.1 Å². The molecule has 2 aliphatic heterocycles. The summed E-state index contributed by atoms with van der Waals surface area (Å²) in [7, 11) is -2.02. The highest BCUT2D eigenvalue weighted by Crippen LogP contribution is 2.67. The second-order valence-corrected chi connectivity index (χ2v) is 18.0. The first-order valence-electron chi connectivity index (χ1n) is 12.3. The van der Waals surface area contributed by atoms with Crippen LogP contribution in [0.3, 0.4) is 0 Å². The summed E-state index contributed by atoms with van der Waals surface area (Å²) in [4.78, 5) is 14.5. The lowest BCUT2D eigenvalue weighted by Crippen LogP contribution is -2.67. The number of hydrogen-bond acceptors (Lipinski definition) is 4. The molecule has 2 heterocycles. The van der Waals surface area contributed by atoms with Crippen LogP contribution < -0.4 is 0 Å². The molecule has 0 unspecified atom stereocenters. The van der Waals surface area contributed by atoms with E-state index >= 15 is 0 Å². The van der Waals surface area contributed by atoms with Gasteiger partial charge in [-0.15, -0.1) is 0 Å². The number of Topliss-reactive ketones (excluding diaryl/α,β-unsaturated/α-hetero) is 1. The quantitative estimate of drug-likeness (QED) is 0.457. The van der Waals surface area contributed by atoms with Gasteiger partial charge in [0.2, 0.25) is 0 Å². The van der Waals surface area contributed by atoms with E-state index < -0.39 is 19.3 Å². The van der Waals surface area contributed by atoms with Crippen LogP contribution in [0.15, 0.2) is 11.6 Å². The molecule has 7 atom stereocenters. The van der Waals surface area contributed by atoms with Crippen molar-refractivity contribution in [3.8, 4) is 0 Å². The predicted octanol–water partition coefficient (Wildman–Crippen LogP) is 5.50. The predicted molar refractivity (Wildman–Crippen MR) is 126 cm³/mol. The first kappa shape index (κ1) is 23.7. The molecule has 4 rings (SSSR count). The van der Waals surface area contributed by atoms with Gasteiger partial charge in [-0.05, 0) is 56.2 Å². The van der Waals surface area contributed by atoms with Gasteiger partial charge in [-0.1, -0.05) is 53.2 Å². The summed E-state index contributed by atoms with van der Waals surface area (Å²) in [5.74, 6) is 0.261. The van der Waals surface area contributed by atoms with Crippen molar-refractivity contribution in [2.45, 2.75) is 110 Å². The Morgan fingerprint density at radius 2 is 1.87 bits per heavy atom. The minimum absolute atomic E-state index is 0.00293. The molecular weight excluding hydrogens is 404 g/mol. The number of rotatable bonds is 3. The van der Waals surface area contributed by atoms with Crippen molar-refractivity contribution >= 4 is 14.1 Å². The largest absolute Gasteiger partial charge is 0.413 e. The number of aliphatic hydroxyl groups is 1. The Hall–Kier alpha value is -0.493. The Kier molecular flexibility index (Phi) is 5.35. The van der Waals surface area contributed by atoms with E-state index in [4.69, 9.17) is 9.16 Å². The zero-order chi connectivity index (χ0) is 23.2. The lowest BCUT2D eigenvalue weighted by molar-refractivity contribution is -0.194. The Bertz CT molecular complexity index is 794. The number of carbonyl (C=O) groups is 1. The van der Waals surface area contributed by atoms with E-state index in [-0.39, 0.29) is 52.8 Å². The minimum atomic E-state index is -2.02. The van der Waals surface area contributed by atoms with E-state index in [9.17, 15) is 9.90 Å². The van der Waals surface area contributed by atoms with Crippen LogP contribution in [-0.4, -0.2) is 43.6 Å². The number of allylic oxidation sites excluding steroid dienone is 1. The standard InChI is InChI=1S/C26H44O4Si/c1-16-10-12-18-22(28)26-17(15-27)11-13-20(30-31(8,9)23(2,3)4)25(26,7)14-19(29-26)21(16)24(18,5)6/h10,17-21,27H,11-15H2,1-9H3/t17-,18+,19-,20+,21-,25-,26-/m1/s1. The average molecular weight is 449 g/mol. The molecule has 3 fully saturated rings. The lowest BCUT2D eigenvalue weighted by atomic mass is 9.48. The Balaban J connectivity index is 1.84. The SMILES string of the molecule is CC1=CC[C@H]2C(=O)[C@@]34O[C@H](C[C@]3(C)[C@@H](O[Si](C)(C)C(C)(C)C)CC[C@@H]4CO)[C@@H]1C2(C)C. The van der Waals surface area contributed by atoms with Gasteiger partial charge in [-0.2, -0.15) is 0 Å². The third-order valence-corrected chi connectivity index (χ3v) is 14.7. The molecule has 1 N–H and O–H groups in total. The van der Waals surface area contributed by atoms with Gasteiger partial charge in [0.1, 0.15) is 5.60 Å². The number of ketones is 1. The normalized spacial score (nSPS) is 44.5. The summed E-state index contributed by atoms with van der Waals surface area (Å²) < 4.78 is 14.0. The fraction of sp³-hybridized carbons (Fsp3) is 0.885. The highest BCUT2D eigenvalue weighted by Gasteiger charge is 2.74. The van der Waals surface area contributed by atoms with Gasteiger partial charge in [0.25, 0.3) is 0 Å². The number of carbonyl (C=O) groups excluding carboxylic acids is 1. The van der Waals surface area contributed by atoms with Crippen molar-refractivity contribution in [2.24, 2.45) is 28.6 Å². The van der Waals surface area contributed by atoms with Crippen LogP contribution in [0, 0.1) is 28.6 Å². The summed E-state index contributed by atoms with van der Waals surface area (Å²) in [6, 6.07) is 0. The van der Waals surface area contributed by atoms with Crippen LogP contribution in [0.25, 0.3) is 0 Å². The van der Waals surface area contributed by atoms with Crippen LogP contribution in [0.2, 0.25) is 18.1 Å². The van der Waals surface area contributed by atoms with E-state index in [2.05, 4.69) is 67.6 Å². The van der Waals surface area contributed by atoms with Crippen LogP contribution in [0.4, 0.5) is 0 Å². The van der Waals surface area contributed by atoms with Gasteiger partial charge in [-0.25, -0.2) is 0 Å². The molecule has 0 aromatic rings. The maximum absolute atomic E-state index is 14.5. The maximum Gasteiger partial charge on any atom is 0.192 e. The van der Waals surface area contributed by atoms with Gasteiger partial charge in [0.05, 0.1) is 12.2 Å². The second kappa shape index (κ2) is 7.01. The molecule has 0 aromatic carbocycles. The molecule has 5 heteroatoms. The van der Waals surface area contributed by atoms with Crippen LogP contribution >= 0.6 is 0 Å². The van der Waals surface area contributed by atoms with Gasteiger partial charge in [-0.3, -0.25) is 4.79 Å². The van der Waals surface area contributed by atoms with Crippen molar-refractivity contribution < 1.29 is 19.1 Å². The molecule has 2 aliphatic carbocycles. The molecule has 0 amide bonds. The second-order valence-electron chi connectivity index (χ2n) is 13.2. The Labute approximate surface area is 190 Å². The molecule has 31 heavy (non-hydrogen) atoms. The smallest absolute Gasteiger partial charge is 0.192 e. The van der Waals surface area contributed by atoms with E-state index in [1.165, 1.54) is 5.57 Å². The molecule has 176 valence electrons. The third-order valence-electron chi connectivity index (χ3n) is 10.3. The molecule has 4 bridgehead atoms. The summed E-state index contributed by atoms with van der Waals surface area (Å²) in [5.41, 5.74) is -0.104. The molecule has 1 saturated carbocycles. The van der Waals surface area contributed by atoms with Gasteiger partial charge >= 0.3 is 0 Å². The molecule has 2 saturated heterocycles. The average Bonchev–Trinajstić information content (AvgIpc) is 2.93. The highest BCUT2D eigenvalue weighted by molar-refractivity contribution is 6.74. The van der Waals surface area contributed by atoms with Crippen LogP contribution in [0.5, 0.6) is 0 Å². The van der Waals surface area contributed by atoms with Gasteiger partial charge < -0.3 is 14.3 Å². The number of aliphatic hydroxyl groups excluding tert-OH is 1. The lowest BCUT2D eigenvalue weighted by Gasteiger charge is -2.57. The Morgan fingerprint density at radius 3 is 2.45 bits per heavy atom. The summed E-state index contributed by atoms with van der Waals surface area (Å²) in [5, 5.41) is 10.6. The monoisotopic (exact) mass is 448 g/mol. The van der Waals surface area contributed by atoms with Crippen molar-refractivity contribution in [3.05, 3.63) is 11.6 Å². The van der Waals surface area contributed by atoms with Crippen molar-refractivity contribution in [3.63, 3.8) is 0 Å². The topological polar surface area (TPSA) is 55.8 Å². The molecular formula is C26H44O4Si. The zero-order valence-electron chi connectivity index (χ0n) is 21.2. The molecule has 1 spiro atoms. The Morgan fingerprint density at radius 1 is 1.23 bits per heavy atom. The fourth-order valence-electron chi connectivity index (χ4n) is 7.47. The van der Waals surface area contributed by atoms with E-state index in [0.29, 0.717) is 0 Å². The third kappa shape index (κ3) is 2.98. The van der Waals surface area contributed by atoms with Gasteiger partial charge in [0, 0.05) is 29.8 Å².